The maximum atomic E-state index is 11.9. The van der Waals surface area contributed by atoms with Crippen molar-refractivity contribution in [3.63, 3.8) is 0 Å². The highest BCUT2D eigenvalue weighted by atomic mass is 79.9. The minimum Gasteiger partial charge on any atom is -0.468 e. The topological polar surface area (TPSA) is 56.1 Å². The Kier molecular flexibility index (Phi) is 4.79. The number of nitrogens with zero attached hydrogens (tertiary/aromatic N) is 2. The van der Waals surface area contributed by atoms with E-state index in [1.165, 1.54) is 17.7 Å². The Morgan fingerprint density at radius 3 is 2.70 bits per heavy atom. The minimum absolute atomic E-state index is 0.105. The third kappa shape index (κ3) is 3.60. The second-order valence-electron chi connectivity index (χ2n) is 4.31. The predicted octanol–water partition coefficient (Wildman–Crippen LogP) is 2.43. The number of aryl methyl sites for hydroxylation is 1. The van der Waals surface area contributed by atoms with E-state index < -0.39 is 0 Å². The summed E-state index contributed by atoms with van der Waals surface area (Å²) in [4.78, 5) is 16.1. The van der Waals surface area contributed by atoms with E-state index in [4.69, 9.17) is 4.74 Å². The summed E-state index contributed by atoms with van der Waals surface area (Å²) in [7, 11) is 1.51. The van der Waals surface area contributed by atoms with Gasteiger partial charge < -0.3 is 10.1 Å². The van der Waals surface area contributed by atoms with Crippen molar-refractivity contribution in [1.29, 1.82) is 0 Å². The van der Waals surface area contributed by atoms with Crippen molar-refractivity contribution in [3.05, 3.63) is 50.9 Å². The summed E-state index contributed by atoms with van der Waals surface area (Å²) in [5.74, 6) is 0. The fourth-order valence-electron chi connectivity index (χ4n) is 1.84. The van der Waals surface area contributed by atoms with Crippen molar-refractivity contribution in [1.82, 2.24) is 9.55 Å². The summed E-state index contributed by atoms with van der Waals surface area (Å²) >= 11 is 3.39. The molecule has 0 radical (unpaired) electrons. The normalized spacial score (nSPS) is 10.3. The summed E-state index contributed by atoms with van der Waals surface area (Å²) in [5.41, 5.74) is 1.55. The number of aromatic nitrogens is 2. The largest absolute Gasteiger partial charge is 0.468 e. The van der Waals surface area contributed by atoms with Gasteiger partial charge >= 0.3 is 0 Å². The first kappa shape index (κ1) is 14.6. The maximum Gasteiger partial charge on any atom is 0.299 e. The number of hydrogen-bond acceptors (Lipinski definition) is 4. The molecule has 0 aliphatic rings. The Morgan fingerprint density at radius 2 is 2.05 bits per heavy atom. The molecule has 0 atom stereocenters. The van der Waals surface area contributed by atoms with E-state index >= 15 is 0 Å². The van der Waals surface area contributed by atoms with Gasteiger partial charge in [0.2, 0.25) is 0 Å². The van der Waals surface area contributed by atoms with E-state index in [2.05, 4.69) is 26.2 Å². The van der Waals surface area contributed by atoms with E-state index in [1.807, 2.05) is 24.3 Å². The first-order valence-corrected chi connectivity index (χ1v) is 7.01. The molecule has 20 heavy (non-hydrogen) atoms. The molecular formula is C14H16BrN3O2. The fourth-order valence-corrected chi connectivity index (χ4v) is 2.10. The van der Waals surface area contributed by atoms with Gasteiger partial charge in [0.15, 0.2) is 0 Å². The number of rotatable bonds is 5. The smallest absolute Gasteiger partial charge is 0.299 e. The van der Waals surface area contributed by atoms with Crippen LogP contribution in [0.15, 0.2) is 39.6 Å². The van der Waals surface area contributed by atoms with Crippen molar-refractivity contribution in [2.45, 2.75) is 13.5 Å². The Morgan fingerprint density at radius 1 is 1.35 bits per heavy atom. The standard InChI is InChI=1S/C14H16BrN3O2/c1-10-9-13(19)18(14(17-10)20-2)8-7-16-12-5-3-11(15)4-6-12/h3-6,9,16H,7-8H2,1-2H3. The zero-order valence-electron chi connectivity index (χ0n) is 11.4. The quantitative estimate of drug-likeness (QED) is 0.910. The van der Waals surface area contributed by atoms with Crippen LogP contribution in [0.1, 0.15) is 5.69 Å². The van der Waals surface area contributed by atoms with E-state index in [-0.39, 0.29) is 5.56 Å². The molecular weight excluding hydrogens is 322 g/mol. The lowest BCUT2D eigenvalue weighted by Gasteiger charge is -2.12. The lowest BCUT2D eigenvalue weighted by molar-refractivity contribution is 0.346. The summed E-state index contributed by atoms with van der Waals surface area (Å²) < 4.78 is 7.69. The Hall–Kier alpha value is -1.82. The number of methoxy groups -OCH3 is 1. The van der Waals surface area contributed by atoms with Gasteiger partial charge in [-0.05, 0) is 31.2 Å². The summed E-state index contributed by atoms with van der Waals surface area (Å²) in [6, 6.07) is 9.70. The molecule has 0 amide bonds. The third-order valence-electron chi connectivity index (χ3n) is 2.79. The highest BCUT2D eigenvalue weighted by Gasteiger charge is 2.06. The number of anilines is 1. The van der Waals surface area contributed by atoms with Crippen molar-refractivity contribution >= 4 is 21.6 Å². The number of benzene rings is 1. The molecule has 0 saturated heterocycles. The van der Waals surface area contributed by atoms with Gasteiger partial charge in [0.05, 0.1) is 7.11 Å². The van der Waals surface area contributed by atoms with E-state index in [1.54, 1.807) is 6.92 Å². The van der Waals surface area contributed by atoms with Gasteiger partial charge in [0.1, 0.15) is 0 Å². The monoisotopic (exact) mass is 337 g/mol. The number of hydrogen-bond donors (Lipinski definition) is 1. The van der Waals surface area contributed by atoms with Gasteiger partial charge in [0.25, 0.3) is 11.6 Å². The molecule has 5 nitrogen and oxygen atoms in total. The molecule has 0 spiro atoms. The molecule has 6 heteroatoms. The van der Waals surface area contributed by atoms with Crippen LogP contribution >= 0.6 is 15.9 Å². The van der Waals surface area contributed by atoms with Crippen molar-refractivity contribution < 1.29 is 4.74 Å². The number of nitrogens with one attached hydrogen (secondary N) is 1. The summed E-state index contributed by atoms with van der Waals surface area (Å²) in [6.45, 7) is 2.88. The van der Waals surface area contributed by atoms with Crippen molar-refractivity contribution in [2.75, 3.05) is 19.0 Å². The predicted molar refractivity (Wildman–Crippen MR) is 82.4 cm³/mol. The van der Waals surface area contributed by atoms with Gasteiger partial charge in [0, 0.05) is 35.0 Å². The Balaban J connectivity index is 2.04. The number of ether oxygens (including phenoxy) is 1. The SMILES string of the molecule is COc1nc(C)cc(=O)n1CCNc1ccc(Br)cc1. The fraction of sp³-hybridized carbons (Fsp3) is 0.286. The second-order valence-corrected chi connectivity index (χ2v) is 5.22. The molecule has 1 heterocycles. The average molecular weight is 338 g/mol. The first-order valence-electron chi connectivity index (χ1n) is 6.22. The van der Waals surface area contributed by atoms with E-state index in [0.717, 1.165) is 10.2 Å². The molecule has 1 aromatic carbocycles. The van der Waals surface area contributed by atoms with Crippen LogP contribution in [0.3, 0.4) is 0 Å². The lowest BCUT2D eigenvalue weighted by atomic mass is 10.3. The lowest BCUT2D eigenvalue weighted by Crippen LogP contribution is -2.25. The summed E-state index contributed by atoms with van der Waals surface area (Å²) in [6.07, 6.45) is 0. The molecule has 0 unspecified atom stereocenters. The van der Waals surface area contributed by atoms with Gasteiger partial charge in [-0.3, -0.25) is 9.36 Å². The van der Waals surface area contributed by atoms with Crippen LogP contribution in [-0.2, 0) is 6.54 Å². The molecule has 2 rings (SSSR count). The van der Waals surface area contributed by atoms with Crippen LogP contribution in [0, 0.1) is 6.92 Å². The van der Waals surface area contributed by atoms with Crippen LogP contribution in [-0.4, -0.2) is 23.2 Å². The second kappa shape index (κ2) is 6.56. The van der Waals surface area contributed by atoms with E-state index in [9.17, 15) is 4.79 Å². The zero-order valence-corrected chi connectivity index (χ0v) is 13.0. The van der Waals surface area contributed by atoms with E-state index in [0.29, 0.717) is 24.8 Å². The molecule has 2 aromatic rings. The highest BCUT2D eigenvalue weighted by molar-refractivity contribution is 9.10. The van der Waals surface area contributed by atoms with Crippen molar-refractivity contribution in [3.8, 4) is 6.01 Å². The highest BCUT2D eigenvalue weighted by Crippen LogP contribution is 2.14. The van der Waals surface area contributed by atoms with Crippen LogP contribution in [0.5, 0.6) is 6.01 Å². The molecule has 1 aromatic heterocycles. The van der Waals surface area contributed by atoms with Crippen LogP contribution < -0.4 is 15.6 Å². The van der Waals surface area contributed by atoms with Gasteiger partial charge in [-0.2, -0.15) is 0 Å². The molecule has 0 fully saturated rings. The minimum atomic E-state index is -0.105. The average Bonchev–Trinajstić information content (AvgIpc) is 2.42. The van der Waals surface area contributed by atoms with Crippen LogP contribution in [0.25, 0.3) is 0 Å². The van der Waals surface area contributed by atoms with Gasteiger partial charge in [-0.1, -0.05) is 15.9 Å². The molecule has 106 valence electrons. The Bertz CT molecular complexity index is 638. The molecule has 0 aliphatic carbocycles. The molecule has 0 saturated carbocycles. The van der Waals surface area contributed by atoms with Crippen LogP contribution in [0.4, 0.5) is 5.69 Å². The molecule has 0 aliphatic heterocycles. The van der Waals surface area contributed by atoms with Gasteiger partial charge in [-0.15, -0.1) is 0 Å². The first-order chi connectivity index (χ1) is 9.60. The van der Waals surface area contributed by atoms with Crippen molar-refractivity contribution in [2.24, 2.45) is 0 Å². The number of halogens is 1. The Labute approximate surface area is 125 Å². The summed E-state index contributed by atoms with van der Waals surface area (Å²) in [5, 5.41) is 3.25. The zero-order chi connectivity index (χ0) is 14.5. The molecule has 1 N–H and O–H groups in total. The molecule has 0 bridgehead atoms. The van der Waals surface area contributed by atoms with Gasteiger partial charge in [-0.25, -0.2) is 4.98 Å². The van der Waals surface area contributed by atoms with Crippen LogP contribution in [0.2, 0.25) is 0 Å². The third-order valence-corrected chi connectivity index (χ3v) is 3.32. The maximum absolute atomic E-state index is 11.9.